The molecule has 2 heterocycles. The van der Waals surface area contributed by atoms with Gasteiger partial charge in [0.05, 0.1) is 12.1 Å². The molecule has 1 fully saturated rings. The van der Waals surface area contributed by atoms with Crippen LogP contribution in [0.5, 0.6) is 0 Å². The second-order valence-corrected chi connectivity index (χ2v) is 5.72. The number of aliphatic carboxylic acids is 1. The highest BCUT2D eigenvalue weighted by Gasteiger charge is 2.25. The van der Waals surface area contributed by atoms with E-state index in [9.17, 15) is 4.79 Å². The molecule has 0 aromatic carbocycles. The van der Waals surface area contributed by atoms with Gasteiger partial charge in [-0.1, -0.05) is 13.3 Å². The van der Waals surface area contributed by atoms with Crippen LogP contribution in [0.2, 0.25) is 0 Å². The fraction of sp³-hybridized carbons (Fsp3) is 0.733. The molecule has 112 valence electrons. The van der Waals surface area contributed by atoms with Crippen molar-refractivity contribution in [2.45, 2.75) is 65.1 Å². The fourth-order valence-corrected chi connectivity index (χ4v) is 2.98. The zero-order chi connectivity index (χ0) is 14.5. The van der Waals surface area contributed by atoms with Gasteiger partial charge in [-0.15, -0.1) is 0 Å². The third-order valence-electron chi connectivity index (χ3n) is 4.03. The molecule has 1 atom stereocenters. The average Bonchev–Trinajstić information content (AvgIpc) is 2.72. The van der Waals surface area contributed by atoms with Crippen LogP contribution in [0, 0.1) is 6.92 Å². The highest BCUT2D eigenvalue weighted by molar-refractivity contribution is 5.67. The zero-order valence-electron chi connectivity index (χ0n) is 12.5. The van der Waals surface area contributed by atoms with Gasteiger partial charge in [-0.05, 0) is 32.7 Å². The Morgan fingerprint density at radius 1 is 1.50 bits per heavy atom. The lowest BCUT2D eigenvalue weighted by molar-refractivity contribution is -0.138. The molecule has 0 radical (unpaired) electrons. The average molecular weight is 279 g/mol. The van der Waals surface area contributed by atoms with E-state index in [1.807, 2.05) is 11.6 Å². The van der Waals surface area contributed by atoms with E-state index in [0.717, 1.165) is 51.0 Å². The lowest BCUT2D eigenvalue weighted by atomic mass is 9.98. The number of rotatable bonds is 6. The summed E-state index contributed by atoms with van der Waals surface area (Å²) >= 11 is 0. The molecule has 20 heavy (non-hydrogen) atoms. The first-order valence-electron chi connectivity index (χ1n) is 7.59. The van der Waals surface area contributed by atoms with Crippen molar-refractivity contribution in [2.75, 3.05) is 6.54 Å². The van der Waals surface area contributed by atoms with Crippen LogP contribution in [0.1, 0.15) is 50.3 Å². The van der Waals surface area contributed by atoms with Crippen LogP contribution in [0.25, 0.3) is 0 Å². The maximum Gasteiger partial charge on any atom is 0.304 e. The van der Waals surface area contributed by atoms with Crippen molar-refractivity contribution in [3.05, 3.63) is 17.5 Å². The summed E-state index contributed by atoms with van der Waals surface area (Å²) in [5, 5.41) is 13.6. The van der Waals surface area contributed by atoms with Crippen LogP contribution in [-0.2, 0) is 17.9 Å². The van der Waals surface area contributed by atoms with Crippen molar-refractivity contribution in [1.29, 1.82) is 0 Å². The molecule has 0 spiro atoms. The van der Waals surface area contributed by atoms with Crippen LogP contribution in [0.15, 0.2) is 6.20 Å². The molecule has 1 aliphatic rings. The molecule has 1 aromatic rings. The smallest absolute Gasteiger partial charge is 0.304 e. The highest BCUT2D eigenvalue weighted by Crippen LogP contribution is 2.22. The van der Waals surface area contributed by atoms with Crippen molar-refractivity contribution in [3.8, 4) is 0 Å². The van der Waals surface area contributed by atoms with Crippen LogP contribution < -0.4 is 0 Å². The number of hydrogen-bond acceptors (Lipinski definition) is 3. The minimum atomic E-state index is -0.694. The normalized spacial score (nSPS) is 20.2. The SMILES string of the molecule is CCCn1cc(CN2CCCCC2CC(=O)O)c(C)n1. The van der Waals surface area contributed by atoms with Gasteiger partial charge < -0.3 is 5.11 Å². The number of carboxylic acid groups (broad SMARTS) is 1. The van der Waals surface area contributed by atoms with E-state index in [2.05, 4.69) is 23.1 Å². The zero-order valence-corrected chi connectivity index (χ0v) is 12.5. The first-order valence-corrected chi connectivity index (χ1v) is 7.59. The predicted molar refractivity (Wildman–Crippen MR) is 77.6 cm³/mol. The van der Waals surface area contributed by atoms with Crippen LogP contribution in [0.3, 0.4) is 0 Å². The van der Waals surface area contributed by atoms with Crippen molar-refractivity contribution < 1.29 is 9.90 Å². The van der Waals surface area contributed by atoms with Gasteiger partial charge in [0.2, 0.25) is 0 Å². The minimum absolute atomic E-state index is 0.176. The molecule has 1 aromatic heterocycles. The monoisotopic (exact) mass is 279 g/mol. The standard InChI is InChI=1S/C15H25N3O2/c1-3-7-18-11-13(12(2)16-18)10-17-8-5-4-6-14(17)9-15(19)20/h11,14H,3-10H2,1-2H3,(H,19,20). The summed E-state index contributed by atoms with van der Waals surface area (Å²) in [6.45, 7) is 6.95. The molecule has 1 unspecified atom stereocenters. The quantitative estimate of drug-likeness (QED) is 0.869. The Labute approximate surface area is 120 Å². The maximum atomic E-state index is 11.0. The molecule has 5 nitrogen and oxygen atoms in total. The Kier molecular flexibility index (Phi) is 5.17. The molecular weight excluding hydrogens is 254 g/mol. The van der Waals surface area contributed by atoms with Gasteiger partial charge >= 0.3 is 5.97 Å². The van der Waals surface area contributed by atoms with Crippen LogP contribution in [-0.4, -0.2) is 38.3 Å². The van der Waals surface area contributed by atoms with Gasteiger partial charge in [0.25, 0.3) is 0 Å². The summed E-state index contributed by atoms with van der Waals surface area (Å²) in [5.74, 6) is -0.694. The van der Waals surface area contributed by atoms with Crippen LogP contribution in [0.4, 0.5) is 0 Å². The lowest BCUT2D eigenvalue weighted by Crippen LogP contribution is -2.40. The molecule has 0 saturated carbocycles. The third kappa shape index (κ3) is 3.82. The second kappa shape index (κ2) is 6.88. The van der Waals surface area contributed by atoms with Crippen molar-refractivity contribution in [1.82, 2.24) is 14.7 Å². The van der Waals surface area contributed by atoms with Gasteiger partial charge in [-0.25, -0.2) is 0 Å². The van der Waals surface area contributed by atoms with E-state index in [0.29, 0.717) is 0 Å². The van der Waals surface area contributed by atoms with Gasteiger partial charge in [0.15, 0.2) is 0 Å². The molecule has 1 N–H and O–H groups in total. The number of aryl methyl sites for hydroxylation is 2. The number of carboxylic acids is 1. The predicted octanol–water partition coefficient (Wildman–Crippen LogP) is 2.43. The van der Waals surface area contributed by atoms with Crippen molar-refractivity contribution >= 4 is 5.97 Å². The molecule has 2 rings (SSSR count). The van der Waals surface area contributed by atoms with E-state index in [1.54, 1.807) is 0 Å². The Balaban J connectivity index is 2.04. The summed E-state index contributed by atoms with van der Waals surface area (Å²) in [5.41, 5.74) is 2.30. The Bertz CT molecular complexity index is 456. The molecule has 0 bridgehead atoms. The summed E-state index contributed by atoms with van der Waals surface area (Å²) < 4.78 is 2.00. The number of likely N-dealkylation sites (tertiary alicyclic amines) is 1. The Morgan fingerprint density at radius 3 is 3.00 bits per heavy atom. The van der Waals surface area contributed by atoms with E-state index in [4.69, 9.17) is 5.11 Å². The fourth-order valence-electron chi connectivity index (χ4n) is 2.98. The number of hydrogen-bond donors (Lipinski definition) is 1. The summed E-state index contributed by atoms with van der Waals surface area (Å²) in [7, 11) is 0. The van der Waals surface area contributed by atoms with Gasteiger partial charge in [-0.2, -0.15) is 5.10 Å². The molecular formula is C15H25N3O2. The van der Waals surface area contributed by atoms with Gasteiger partial charge in [0.1, 0.15) is 0 Å². The molecule has 1 aliphatic heterocycles. The lowest BCUT2D eigenvalue weighted by Gasteiger charge is -2.34. The third-order valence-corrected chi connectivity index (χ3v) is 4.03. The first kappa shape index (κ1) is 15.0. The van der Waals surface area contributed by atoms with E-state index in [1.165, 1.54) is 5.56 Å². The van der Waals surface area contributed by atoms with E-state index >= 15 is 0 Å². The van der Waals surface area contributed by atoms with Crippen molar-refractivity contribution in [2.24, 2.45) is 0 Å². The molecule has 1 saturated heterocycles. The molecule has 0 amide bonds. The second-order valence-electron chi connectivity index (χ2n) is 5.72. The summed E-state index contributed by atoms with van der Waals surface area (Å²) in [4.78, 5) is 13.3. The van der Waals surface area contributed by atoms with Crippen LogP contribution >= 0.6 is 0 Å². The summed E-state index contributed by atoms with van der Waals surface area (Å²) in [6.07, 6.45) is 6.74. The largest absolute Gasteiger partial charge is 0.481 e. The minimum Gasteiger partial charge on any atom is -0.481 e. The Morgan fingerprint density at radius 2 is 2.30 bits per heavy atom. The maximum absolute atomic E-state index is 11.0. The first-order chi connectivity index (χ1) is 9.60. The molecule has 5 heteroatoms. The summed E-state index contributed by atoms with van der Waals surface area (Å²) in [6, 6.07) is 0.176. The number of nitrogens with zero attached hydrogens (tertiary/aromatic N) is 3. The van der Waals surface area contributed by atoms with E-state index < -0.39 is 5.97 Å². The Hall–Kier alpha value is -1.36. The highest BCUT2D eigenvalue weighted by atomic mass is 16.4. The number of carbonyl (C=O) groups is 1. The molecule has 0 aliphatic carbocycles. The van der Waals surface area contributed by atoms with Gasteiger partial charge in [0, 0.05) is 30.9 Å². The number of piperidine rings is 1. The van der Waals surface area contributed by atoms with Gasteiger partial charge in [-0.3, -0.25) is 14.4 Å². The number of aromatic nitrogens is 2. The van der Waals surface area contributed by atoms with E-state index in [-0.39, 0.29) is 12.5 Å². The van der Waals surface area contributed by atoms with Crippen molar-refractivity contribution in [3.63, 3.8) is 0 Å². The topological polar surface area (TPSA) is 58.4 Å².